The Morgan fingerprint density at radius 1 is 1.60 bits per heavy atom. The Morgan fingerprint density at radius 2 is 2.20 bits per heavy atom. The average molecular weight is 144 g/mol. The van der Waals surface area contributed by atoms with Gasteiger partial charge in [0.05, 0.1) is 5.92 Å². The predicted molar refractivity (Wildman–Crippen MR) is 31.7 cm³/mol. The van der Waals surface area contributed by atoms with Gasteiger partial charge in [0, 0.05) is 6.42 Å². The average Bonchev–Trinajstić information content (AvgIpc) is 2.09. The smallest absolute Gasteiger partial charge is 0.175 e. The molecule has 10 heavy (non-hydrogen) atoms. The summed E-state index contributed by atoms with van der Waals surface area (Å²) in [5.74, 6) is 0.0646. The fourth-order valence-corrected chi connectivity index (χ4v) is 1.00. The van der Waals surface area contributed by atoms with Crippen LogP contribution in [-0.2, 0) is 4.79 Å². The molecule has 0 bridgehead atoms. The molecule has 3 heteroatoms. The van der Waals surface area contributed by atoms with Crippen LogP contribution in [0.15, 0.2) is 0 Å². The summed E-state index contributed by atoms with van der Waals surface area (Å²) in [4.78, 5) is 10.4. The third kappa shape index (κ3) is 0.900. The predicted octanol–water partition coefficient (Wildman–Crippen LogP) is 0.885. The zero-order valence-corrected chi connectivity index (χ0v) is 5.18. The van der Waals surface area contributed by atoms with E-state index in [1.165, 1.54) is 0 Å². The lowest BCUT2D eigenvalue weighted by molar-refractivity contribution is -0.121. The Hall–Kier alpha value is -0.910. The Labute approximate surface area is 57.4 Å². The zero-order chi connectivity index (χ0) is 7.72. The monoisotopic (exact) mass is 144 g/mol. The number of alkyl halides is 2. The van der Waals surface area contributed by atoms with Crippen molar-refractivity contribution in [2.45, 2.75) is 18.8 Å². The number of carbonyl (C=O) groups is 1. The maximum Gasteiger partial charge on any atom is 0.175 e. The molecule has 0 heterocycles. The van der Waals surface area contributed by atoms with Crippen molar-refractivity contribution in [1.29, 1.82) is 0 Å². The van der Waals surface area contributed by atoms with E-state index in [4.69, 9.17) is 6.42 Å². The number of rotatable bonds is 0. The highest BCUT2D eigenvalue weighted by Crippen LogP contribution is 2.27. The molecule has 0 aromatic heterocycles. The second-order valence-corrected chi connectivity index (χ2v) is 2.28. The van der Waals surface area contributed by atoms with Gasteiger partial charge in [-0.25, -0.2) is 8.78 Å². The lowest BCUT2D eigenvalue weighted by atomic mass is 10.1. The molecule has 0 aliphatic heterocycles. The van der Waals surface area contributed by atoms with E-state index in [0.29, 0.717) is 0 Å². The van der Waals surface area contributed by atoms with Crippen LogP contribution in [0.1, 0.15) is 6.42 Å². The van der Waals surface area contributed by atoms with E-state index >= 15 is 0 Å². The van der Waals surface area contributed by atoms with Gasteiger partial charge in [-0.1, -0.05) is 5.92 Å². The highest BCUT2D eigenvalue weighted by molar-refractivity contribution is 5.86. The molecule has 1 saturated carbocycles. The maximum atomic E-state index is 12.5. The van der Waals surface area contributed by atoms with Crippen molar-refractivity contribution in [2.75, 3.05) is 0 Å². The first-order valence-electron chi connectivity index (χ1n) is 2.94. The molecule has 0 amide bonds. The number of hydrogen-bond donors (Lipinski definition) is 0. The molecule has 0 N–H and O–H groups in total. The minimum absolute atomic E-state index is 0.365. The highest BCUT2D eigenvalue weighted by Gasteiger charge is 2.42. The molecule has 0 spiro atoms. The number of halogens is 2. The first-order chi connectivity index (χ1) is 4.66. The number of carbonyl (C=O) groups excluding carboxylic acids is 1. The number of ketones is 1. The third-order valence-corrected chi connectivity index (χ3v) is 1.60. The van der Waals surface area contributed by atoms with Crippen LogP contribution in [0.2, 0.25) is 0 Å². The summed E-state index contributed by atoms with van der Waals surface area (Å²) in [5, 5.41) is 0. The molecule has 0 saturated heterocycles. The molecule has 1 nitrogen and oxygen atoms in total. The SMILES string of the molecule is C#CC1C(F)CC(=O)C1F. The molecule has 3 atom stereocenters. The van der Waals surface area contributed by atoms with Crippen molar-refractivity contribution in [1.82, 2.24) is 0 Å². The fraction of sp³-hybridized carbons (Fsp3) is 0.571. The van der Waals surface area contributed by atoms with Gasteiger partial charge in [-0.3, -0.25) is 4.79 Å². The van der Waals surface area contributed by atoms with Crippen LogP contribution in [0.5, 0.6) is 0 Å². The normalized spacial score (nSPS) is 39.7. The van der Waals surface area contributed by atoms with Gasteiger partial charge in [0.2, 0.25) is 0 Å². The van der Waals surface area contributed by atoms with Gasteiger partial charge in [0.1, 0.15) is 6.17 Å². The van der Waals surface area contributed by atoms with E-state index < -0.39 is 24.0 Å². The first kappa shape index (κ1) is 7.20. The molecule has 1 rings (SSSR count). The molecule has 1 aliphatic carbocycles. The van der Waals surface area contributed by atoms with Crippen molar-refractivity contribution in [3.63, 3.8) is 0 Å². The van der Waals surface area contributed by atoms with E-state index in [2.05, 4.69) is 0 Å². The van der Waals surface area contributed by atoms with E-state index in [9.17, 15) is 13.6 Å². The molecule has 0 aromatic carbocycles. The van der Waals surface area contributed by atoms with Gasteiger partial charge >= 0.3 is 0 Å². The van der Waals surface area contributed by atoms with Gasteiger partial charge in [-0.2, -0.15) is 0 Å². The summed E-state index contributed by atoms with van der Waals surface area (Å²) >= 11 is 0. The van der Waals surface area contributed by atoms with Gasteiger partial charge in [-0.15, -0.1) is 6.42 Å². The summed E-state index contributed by atoms with van der Waals surface area (Å²) in [6.07, 6.45) is 1.17. The van der Waals surface area contributed by atoms with Crippen molar-refractivity contribution < 1.29 is 13.6 Å². The highest BCUT2D eigenvalue weighted by atomic mass is 19.1. The Bertz CT molecular complexity index is 194. The molecule has 0 radical (unpaired) electrons. The number of Topliss-reactive ketones (excluding diaryl/α,β-unsaturated/α-hetero) is 1. The van der Waals surface area contributed by atoms with Crippen LogP contribution in [0.4, 0.5) is 8.78 Å². The quantitative estimate of drug-likeness (QED) is 0.461. The first-order valence-corrected chi connectivity index (χ1v) is 2.94. The third-order valence-electron chi connectivity index (χ3n) is 1.60. The molecular weight excluding hydrogens is 138 g/mol. The second kappa shape index (κ2) is 2.37. The molecule has 3 unspecified atom stereocenters. The van der Waals surface area contributed by atoms with Crippen LogP contribution >= 0.6 is 0 Å². The van der Waals surface area contributed by atoms with Crippen molar-refractivity contribution in [2.24, 2.45) is 5.92 Å². The van der Waals surface area contributed by atoms with Gasteiger partial charge in [-0.05, 0) is 0 Å². The van der Waals surface area contributed by atoms with E-state index in [-0.39, 0.29) is 6.42 Å². The van der Waals surface area contributed by atoms with Crippen LogP contribution in [-0.4, -0.2) is 18.1 Å². The summed E-state index contributed by atoms with van der Waals surface area (Å²) in [6.45, 7) is 0. The summed E-state index contributed by atoms with van der Waals surface area (Å²) < 4.78 is 25.0. The van der Waals surface area contributed by atoms with E-state index in [0.717, 1.165) is 0 Å². The van der Waals surface area contributed by atoms with Crippen molar-refractivity contribution >= 4 is 5.78 Å². The Balaban J connectivity index is 2.76. The minimum Gasteiger partial charge on any atom is -0.296 e. The van der Waals surface area contributed by atoms with E-state index in [1.54, 1.807) is 0 Å². The standard InChI is InChI=1S/C7H6F2O/c1-2-4-5(8)3-6(10)7(4)9/h1,4-5,7H,3H2. The van der Waals surface area contributed by atoms with Gasteiger partial charge in [0.25, 0.3) is 0 Å². The van der Waals surface area contributed by atoms with Gasteiger partial charge < -0.3 is 0 Å². The van der Waals surface area contributed by atoms with Crippen molar-refractivity contribution in [3.8, 4) is 12.3 Å². The molecule has 54 valence electrons. The topological polar surface area (TPSA) is 17.1 Å². The minimum atomic E-state index is -1.78. The van der Waals surface area contributed by atoms with Gasteiger partial charge in [0.15, 0.2) is 12.0 Å². The molecule has 1 aliphatic rings. The zero-order valence-electron chi connectivity index (χ0n) is 5.18. The lowest BCUT2D eigenvalue weighted by Gasteiger charge is -2.03. The second-order valence-electron chi connectivity index (χ2n) is 2.28. The Kier molecular flexibility index (Phi) is 1.71. The number of hydrogen-bond acceptors (Lipinski definition) is 1. The molecule has 1 fully saturated rings. The maximum absolute atomic E-state index is 12.5. The summed E-state index contributed by atoms with van der Waals surface area (Å²) in [7, 11) is 0. The Morgan fingerprint density at radius 3 is 2.40 bits per heavy atom. The van der Waals surface area contributed by atoms with Crippen LogP contribution in [0.25, 0.3) is 0 Å². The number of terminal acetylenes is 1. The largest absolute Gasteiger partial charge is 0.296 e. The van der Waals surface area contributed by atoms with Crippen molar-refractivity contribution in [3.05, 3.63) is 0 Å². The summed E-state index contributed by atoms with van der Waals surface area (Å²) in [6, 6.07) is 0. The fourth-order valence-electron chi connectivity index (χ4n) is 1.00. The van der Waals surface area contributed by atoms with E-state index in [1.807, 2.05) is 5.92 Å². The van der Waals surface area contributed by atoms with Crippen LogP contribution < -0.4 is 0 Å². The van der Waals surface area contributed by atoms with Crippen LogP contribution in [0.3, 0.4) is 0 Å². The molecular formula is C7H6F2O. The summed E-state index contributed by atoms with van der Waals surface area (Å²) in [5.41, 5.74) is 0. The lowest BCUT2D eigenvalue weighted by Crippen LogP contribution is -2.17. The van der Waals surface area contributed by atoms with Crippen LogP contribution in [0, 0.1) is 18.3 Å². The molecule has 0 aromatic rings.